The molecule has 3 atom stereocenters. The maximum Gasteiger partial charge on any atom is 0.338 e. The number of carboxylic acids is 1. The van der Waals surface area contributed by atoms with Gasteiger partial charge in [-0.05, 0) is 65.1 Å². The first-order valence-corrected chi connectivity index (χ1v) is 12.1. The largest absolute Gasteiger partial charge is 0.497 e. The van der Waals surface area contributed by atoms with Crippen molar-refractivity contribution in [3.8, 4) is 23.0 Å². The summed E-state index contributed by atoms with van der Waals surface area (Å²) >= 11 is 0. The van der Waals surface area contributed by atoms with Gasteiger partial charge in [-0.3, -0.25) is 4.79 Å². The van der Waals surface area contributed by atoms with Crippen molar-refractivity contribution in [2.45, 2.75) is 25.2 Å². The highest BCUT2D eigenvalue weighted by Crippen LogP contribution is 2.55. The molecule has 3 aromatic rings. The Morgan fingerprint density at radius 1 is 0.892 bits per heavy atom. The predicted molar refractivity (Wildman–Crippen MR) is 134 cm³/mol. The zero-order valence-electron chi connectivity index (χ0n) is 20.9. The summed E-state index contributed by atoms with van der Waals surface area (Å²) in [6.45, 7) is 2.68. The zero-order valence-corrected chi connectivity index (χ0v) is 20.9. The van der Waals surface area contributed by atoms with Gasteiger partial charge in [0, 0.05) is 11.8 Å². The van der Waals surface area contributed by atoms with Crippen LogP contribution in [0, 0.1) is 5.92 Å². The summed E-state index contributed by atoms with van der Waals surface area (Å²) in [6, 6.07) is 16.3. The Bertz CT molecular complexity index is 1350. The van der Waals surface area contributed by atoms with Crippen LogP contribution in [0.3, 0.4) is 0 Å². The third kappa shape index (κ3) is 4.33. The van der Waals surface area contributed by atoms with Crippen LogP contribution in [0.15, 0.2) is 54.6 Å². The van der Waals surface area contributed by atoms with Gasteiger partial charge in [-0.2, -0.15) is 0 Å². The maximum atomic E-state index is 13.0. The fourth-order valence-corrected chi connectivity index (χ4v) is 5.35. The van der Waals surface area contributed by atoms with E-state index in [4.69, 9.17) is 23.7 Å². The molecule has 0 spiro atoms. The lowest BCUT2D eigenvalue weighted by atomic mass is 9.78. The van der Waals surface area contributed by atoms with Crippen LogP contribution in [0.25, 0.3) is 0 Å². The number of hydrogen-bond acceptors (Lipinski definition) is 7. The average Bonchev–Trinajstić information content (AvgIpc) is 3.52. The van der Waals surface area contributed by atoms with Crippen LogP contribution in [0.5, 0.6) is 23.0 Å². The van der Waals surface area contributed by atoms with Gasteiger partial charge in [0.1, 0.15) is 11.5 Å². The summed E-state index contributed by atoms with van der Waals surface area (Å²) in [5, 5.41) is 10.6. The Kier molecular flexibility index (Phi) is 6.65. The first-order chi connectivity index (χ1) is 18.0. The molecule has 0 aromatic heterocycles. The van der Waals surface area contributed by atoms with Gasteiger partial charge in [-0.1, -0.05) is 25.1 Å². The van der Waals surface area contributed by atoms with E-state index in [0.717, 1.165) is 23.1 Å². The van der Waals surface area contributed by atoms with Crippen molar-refractivity contribution >= 4 is 11.9 Å². The van der Waals surface area contributed by atoms with E-state index in [9.17, 15) is 14.7 Å². The zero-order chi connectivity index (χ0) is 26.1. The van der Waals surface area contributed by atoms with E-state index in [1.807, 2.05) is 37.3 Å². The number of carboxylic acid groups (broad SMARTS) is 1. The van der Waals surface area contributed by atoms with Crippen LogP contribution in [0.4, 0.5) is 0 Å². The number of fused-ring (bicyclic) bond motifs is 2. The van der Waals surface area contributed by atoms with Crippen LogP contribution in [-0.2, 0) is 9.53 Å². The van der Waals surface area contributed by atoms with Gasteiger partial charge in [0.25, 0.3) is 0 Å². The van der Waals surface area contributed by atoms with Gasteiger partial charge in [0.15, 0.2) is 11.5 Å². The van der Waals surface area contributed by atoms with Gasteiger partial charge >= 0.3 is 11.9 Å². The van der Waals surface area contributed by atoms with E-state index >= 15 is 0 Å². The number of carbonyl (C=O) groups excluding carboxylic acids is 1. The summed E-state index contributed by atoms with van der Waals surface area (Å²) in [5.74, 6) is -1.28. The third-order valence-corrected chi connectivity index (χ3v) is 6.96. The first-order valence-electron chi connectivity index (χ1n) is 12.1. The molecule has 0 saturated heterocycles. The Morgan fingerprint density at radius 3 is 2.38 bits per heavy atom. The minimum atomic E-state index is -0.980. The second-order valence-electron chi connectivity index (χ2n) is 9.02. The van der Waals surface area contributed by atoms with Crippen LogP contribution < -0.4 is 18.9 Å². The highest BCUT2D eigenvalue weighted by atomic mass is 16.7. The number of hydrogen-bond donors (Lipinski definition) is 1. The van der Waals surface area contributed by atoms with Crippen LogP contribution in [-0.4, -0.2) is 44.7 Å². The molecule has 0 amide bonds. The summed E-state index contributed by atoms with van der Waals surface area (Å²) in [5.41, 5.74) is 3.24. The molecular weight excluding hydrogens is 476 g/mol. The molecule has 8 nitrogen and oxygen atoms in total. The molecule has 1 N–H and O–H groups in total. The van der Waals surface area contributed by atoms with Crippen molar-refractivity contribution in [2.24, 2.45) is 5.92 Å². The normalized spacial score (nSPS) is 19.3. The van der Waals surface area contributed by atoms with Gasteiger partial charge in [-0.15, -0.1) is 0 Å². The smallest absolute Gasteiger partial charge is 0.338 e. The molecule has 8 heteroatoms. The molecule has 0 saturated carbocycles. The molecule has 192 valence electrons. The van der Waals surface area contributed by atoms with Crippen molar-refractivity contribution in [3.63, 3.8) is 0 Å². The molecule has 0 radical (unpaired) electrons. The number of rotatable bonds is 8. The quantitative estimate of drug-likeness (QED) is 0.429. The number of carbonyl (C=O) groups is 2. The van der Waals surface area contributed by atoms with Crippen molar-refractivity contribution < 1.29 is 38.4 Å². The highest BCUT2D eigenvalue weighted by molar-refractivity contribution is 5.93. The first kappa shape index (κ1) is 24.5. The lowest BCUT2D eigenvalue weighted by molar-refractivity contribution is -0.142. The summed E-state index contributed by atoms with van der Waals surface area (Å²) in [4.78, 5) is 25.8. The van der Waals surface area contributed by atoms with E-state index in [-0.39, 0.29) is 12.4 Å². The number of esters is 1. The number of methoxy groups -OCH3 is 2. The predicted octanol–water partition coefficient (Wildman–Crippen LogP) is 4.98. The van der Waals surface area contributed by atoms with Crippen molar-refractivity contribution in [3.05, 3.63) is 82.4 Å². The molecule has 2 aliphatic rings. The second-order valence-corrected chi connectivity index (χ2v) is 9.02. The van der Waals surface area contributed by atoms with Crippen molar-refractivity contribution in [1.82, 2.24) is 0 Å². The topological polar surface area (TPSA) is 101 Å². The molecule has 3 aromatic carbocycles. The third-order valence-electron chi connectivity index (χ3n) is 6.96. The SMILES string of the molecule is CCCOc1ccc2c(c1)C(c1ccc(OC)cc1C(=O)OC)C(C(=O)O)[C@H]2c1ccc2c(c1)OCO2. The minimum Gasteiger partial charge on any atom is -0.497 e. The van der Waals surface area contributed by atoms with Crippen molar-refractivity contribution in [1.29, 1.82) is 0 Å². The number of benzene rings is 3. The van der Waals surface area contributed by atoms with E-state index in [1.54, 1.807) is 24.3 Å². The Hall–Kier alpha value is -4.20. The molecule has 1 aliphatic heterocycles. The molecule has 5 rings (SSSR count). The van der Waals surface area contributed by atoms with Gasteiger partial charge < -0.3 is 28.8 Å². The molecular formula is C29H28O8. The summed E-state index contributed by atoms with van der Waals surface area (Å²) < 4.78 is 27.3. The highest BCUT2D eigenvalue weighted by Gasteiger charge is 2.48. The van der Waals surface area contributed by atoms with E-state index < -0.39 is 29.7 Å². The van der Waals surface area contributed by atoms with Crippen LogP contribution in [0.1, 0.15) is 57.8 Å². The average molecular weight is 505 g/mol. The summed E-state index contributed by atoms with van der Waals surface area (Å²) in [6.07, 6.45) is 0.836. The molecule has 0 fully saturated rings. The molecule has 37 heavy (non-hydrogen) atoms. The van der Waals surface area contributed by atoms with Gasteiger partial charge in [-0.25, -0.2) is 4.79 Å². The van der Waals surface area contributed by atoms with Crippen molar-refractivity contribution in [2.75, 3.05) is 27.6 Å². The van der Waals surface area contributed by atoms with E-state index in [0.29, 0.717) is 35.2 Å². The Morgan fingerprint density at radius 2 is 1.65 bits per heavy atom. The fourth-order valence-electron chi connectivity index (χ4n) is 5.35. The summed E-state index contributed by atoms with van der Waals surface area (Å²) in [7, 11) is 2.81. The Labute approximate surface area is 214 Å². The lowest BCUT2D eigenvalue weighted by Gasteiger charge is -2.24. The molecule has 1 heterocycles. The Balaban J connectivity index is 1.72. The lowest BCUT2D eigenvalue weighted by Crippen LogP contribution is -2.25. The molecule has 1 aliphatic carbocycles. The van der Waals surface area contributed by atoms with Crippen LogP contribution >= 0.6 is 0 Å². The minimum absolute atomic E-state index is 0.123. The van der Waals surface area contributed by atoms with Gasteiger partial charge in [0.2, 0.25) is 6.79 Å². The second kappa shape index (κ2) is 10.0. The monoisotopic (exact) mass is 504 g/mol. The fraction of sp³-hybridized carbons (Fsp3) is 0.310. The maximum absolute atomic E-state index is 13.0. The van der Waals surface area contributed by atoms with E-state index in [1.165, 1.54) is 14.2 Å². The number of aliphatic carboxylic acids is 1. The van der Waals surface area contributed by atoms with Gasteiger partial charge in [0.05, 0.1) is 32.3 Å². The van der Waals surface area contributed by atoms with E-state index in [2.05, 4.69) is 0 Å². The standard InChI is InChI=1S/C29H28O8/c1-4-11-35-18-7-9-19-21(14-18)26(20-8-6-17(33-2)13-22(20)29(32)34-3)27(28(30)31)25(19)16-5-10-23-24(12-16)37-15-36-23/h5-10,12-14,25-27H,4,11,15H2,1-3H3,(H,30,31)/t25-,26?,27?/m0/s1. The number of ether oxygens (including phenoxy) is 5. The molecule has 2 unspecified atom stereocenters. The molecule has 0 bridgehead atoms. The van der Waals surface area contributed by atoms with Crippen LogP contribution in [0.2, 0.25) is 0 Å².